The fourth-order valence-corrected chi connectivity index (χ4v) is 12.7. The Bertz CT molecular complexity index is 5550. The van der Waals surface area contributed by atoms with E-state index in [0.29, 0.717) is 89.7 Å². The van der Waals surface area contributed by atoms with Gasteiger partial charge in [-0.05, 0) is 161 Å². The molecule has 12 rings (SSSR count). The lowest BCUT2D eigenvalue weighted by Crippen LogP contribution is -2.36. The number of ketones is 5. The van der Waals surface area contributed by atoms with Gasteiger partial charge in [0, 0.05) is 102 Å². The van der Waals surface area contributed by atoms with Gasteiger partial charge in [0.1, 0.15) is 11.4 Å². The minimum atomic E-state index is -3.82. The predicted octanol–water partition coefficient (Wildman–Crippen LogP) is 15.5. The molecule has 32 heteroatoms. The van der Waals surface area contributed by atoms with Gasteiger partial charge >= 0.3 is 45.8 Å². The van der Waals surface area contributed by atoms with Gasteiger partial charge in [-0.2, -0.15) is 12.7 Å². The number of oxime groups is 5. The third-order valence-electron chi connectivity index (χ3n) is 19.2. The number of hydrogen-bond donors (Lipinski definition) is 0. The fourth-order valence-electron chi connectivity index (χ4n) is 12.5. The number of methoxy groups -OCH3 is 2. The average Bonchev–Trinajstić information content (AvgIpc) is 0.831. The van der Waals surface area contributed by atoms with E-state index in [-0.39, 0.29) is 57.9 Å². The minimum Gasteiger partial charge on any atom is -0.493 e. The first-order valence-corrected chi connectivity index (χ1v) is 43.3. The van der Waals surface area contributed by atoms with Crippen molar-refractivity contribution < 1.29 is 104 Å². The monoisotopic (exact) mass is 1780 g/mol. The molecular weight excluding hydrogens is 1680 g/mol. The molecule has 129 heavy (non-hydrogen) atoms. The Morgan fingerprint density at radius 2 is 0.783 bits per heavy atom. The number of morpholine rings is 2. The van der Waals surface area contributed by atoms with E-state index < -0.39 is 57.4 Å². The summed E-state index contributed by atoms with van der Waals surface area (Å²) in [6.07, 6.45) is 9.39. The van der Waals surface area contributed by atoms with Crippen LogP contribution in [0.5, 0.6) is 11.5 Å². The first-order valence-electron chi connectivity index (χ1n) is 41.5. The molecule has 0 spiro atoms. The zero-order chi connectivity index (χ0) is 92.7. The second-order valence-electron chi connectivity index (χ2n) is 28.3. The molecule has 9 aromatic carbocycles. The Balaban J connectivity index is 0.000000204. The van der Waals surface area contributed by atoms with Crippen molar-refractivity contribution in [2.75, 3.05) is 107 Å². The molecule has 3 aliphatic heterocycles. The predicted molar refractivity (Wildman–Crippen MR) is 487 cm³/mol. The molecule has 3 fully saturated rings. The molecule has 0 aromatic heterocycles. The molecule has 0 radical (unpaired) electrons. The van der Waals surface area contributed by atoms with Gasteiger partial charge in [-0.15, -0.1) is 0 Å². The SMILES string of the molecule is CC/C(=N\OC(C)=O)C(=O)c1ccc(N2CCCCC2)cc1.CCCCCC/C(=N\OC(=O)c1ccccc1)C(=O)c1ccc(N2CCOCC2)cc1.COc1ccc(C(=O)/C(=N/OC(=O)C(=O)c2ccccc2)c2ccccc2)cc1OC.O=C(O/N=C(/C(=O)c1ccc(N2CCOCC2)cc1)c1ccccc1)c1ccccc1.[C-]#[N+]/C(=N/OS(C)(=O)=O)C(=O)OCC. The Morgan fingerprint density at radius 1 is 0.395 bits per heavy atom. The standard InChI is InChI=1S/C25H22N2O4.C25H30N2O4.C24H19NO6.C17H22N2O3.C6H8N2O5S/c28-24(20-11-13-22(14-12-20)27-15-17-30-18-16-27)23(19-7-3-1-4-8-19)26-31-25(29)21-9-5-2-6-10-21;1-2-3-4-8-11-23(26-31-25(29)21-9-6-5-7-10-21)24(28)20-12-14-22(15-13-20)27-16-18-30-19-17-27;1-29-19-14-13-18(15-20(19)30-2)22(26)21(16-9-5-3-6-10-16)25-31-24(28)23(27)17-11-7-4-8-12-17;1-3-16(18-22-13(2)20)17(21)14-7-9-15(10-8-14)19-11-5-4-6-12-19;1-4-12-6(9)5(7-2)8-13-14(3,10)11/h1-14H,15-18H2;5-7,9-10,12-15H,2-4,8,11,16-19H2,1H3;3-15H,1-2H3;7-10H,3-6,11-12H2,1-2H3;4H2,1,3H3/b2*26-23+;25-21+;18-16+;8-5+. The molecule has 3 aliphatic rings. The smallest absolute Gasteiger partial charge is 0.405 e. The molecule has 0 saturated carbocycles. The molecule has 31 nitrogen and oxygen atoms in total. The summed E-state index contributed by atoms with van der Waals surface area (Å²) < 4.78 is 50.4. The van der Waals surface area contributed by atoms with Crippen molar-refractivity contribution >= 4 is 115 Å². The van der Waals surface area contributed by atoms with Crippen molar-refractivity contribution in [1.82, 2.24) is 0 Å². The average molecular weight is 1780 g/mol. The minimum absolute atomic E-state index is 0.0618. The lowest BCUT2D eigenvalue weighted by molar-refractivity contribution is -0.141. The highest BCUT2D eigenvalue weighted by molar-refractivity contribution is 7.85. The molecule has 0 aliphatic carbocycles. The van der Waals surface area contributed by atoms with Gasteiger partial charge in [0.25, 0.3) is 5.78 Å². The molecule has 672 valence electrons. The number of ether oxygens (including phenoxy) is 5. The summed E-state index contributed by atoms with van der Waals surface area (Å²) in [5, 5.41) is 18.1. The topological polar surface area (TPSA) is 373 Å². The zero-order valence-corrected chi connectivity index (χ0v) is 73.5. The number of carbonyl (C=O) groups excluding carboxylic acids is 10. The van der Waals surface area contributed by atoms with Crippen LogP contribution in [0, 0.1) is 6.57 Å². The number of carbonyl (C=O) groups is 10. The lowest BCUT2D eigenvalue weighted by atomic mass is 10.0. The summed E-state index contributed by atoms with van der Waals surface area (Å²) >= 11 is 0. The number of hydrogen-bond acceptors (Lipinski definition) is 30. The summed E-state index contributed by atoms with van der Waals surface area (Å²) in [7, 11) is -0.877. The van der Waals surface area contributed by atoms with Crippen molar-refractivity contribution in [3.8, 4) is 11.5 Å². The van der Waals surface area contributed by atoms with Gasteiger partial charge in [-0.25, -0.2) is 19.2 Å². The van der Waals surface area contributed by atoms with Gasteiger partial charge in [0.15, 0.2) is 22.9 Å². The number of rotatable bonds is 32. The molecule has 0 unspecified atom stereocenters. The van der Waals surface area contributed by atoms with Crippen LogP contribution in [0.15, 0.2) is 268 Å². The molecule has 0 N–H and O–H groups in total. The number of anilines is 3. The first-order chi connectivity index (χ1) is 62.5. The van der Waals surface area contributed by atoms with Crippen LogP contribution < -0.4 is 24.2 Å². The van der Waals surface area contributed by atoms with Crippen LogP contribution in [0.1, 0.15) is 169 Å². The van der Waals surface area contributed by atoms with Crippen LogP contribution in [-0.2, 0) is 62.3 Å². The van der Waals surface area contributed by atoms with Crippen LogP contribution in [0.2, 0.25) is 0 Å². The van der Waals surface area contributed by atoms with E-state index in [2.05, 4.69) is 66.1 Å². The van der Waals surface area contributed by atoms with E-state index in [9.17, 15) is 56.4 Å². The van der Waals surface area contributed by atoms with Gasteiger partial charge in [0.05, 0.1) is 69.8 Å². The maximum absolute atomic E-state index is 13.2. The summed E-state index contributed by atoms with van der Waals surface area (Å²) in [4.78, 5) is 152. The van der Waals surface area contributed by atoms with Crippen LogP contribution >= 0.6 is 0 Å². The van der Waals surface area contributed by atoms with Crippen molar-refractivity contribution in [3.63, 3.8) is 0 Å². The lowest BCUT2D eigenvalue weighted by Gasteiger charge is -2.28. The van der Waals surface area contributed by atoms with Crippen molar-refractivity contribution in [2.24, 2.45) is 25.8 Å². The van der Waals surface area contributed by atoms with Crippen molar-refractivity contribution in [3.05, 3.63) is 304 Å². The maximum Gasteiger partial charge on any atom is 0.405 e. The summed E-state index contributed by atoms with van der Waals surface area (Å²) in [5.41, 5.74) is 7.45. The number of nitrogens with zero attached hydrogens (tertiary/aromatic N) is 9. The Labute approximate surface area is 748 Å². The molecule has 9 aromatic rings. The third-order valence-corrected chi connectivity index (χ3v) is 19.5. The number of unbranched alkanes of at least 4 members (excludes halogenated alkanes) is 3. The van der Waals surface area contributed by atoms with Gasteiger partial charge in [-0.1, -0.05) is 188 Å². The van der Waals surface area contributed by atoms with Crippen LogP contribution in [0.4, 0.5) is 17.1 Å². The van der Waals surface area contributed by atoms with Crippen LogP contribution in [0.3, 0.4) is 0 Å². The number of benzene rings is 9. The Morgan fingerprint density at radius 3 is 1.20 bits per heavy atom. The van der Waals surface area contributed by atoms with Gasteiger partial charge in [0.2, 0.25) is 23.1 Å². The number of Topliss-reactive ketones (excluding diaryl/α,β-unsaturated/α-hetero) is 5. The van der Waals surface area contributed by atoms with Gasteiger partial charge < -0.3 is 62.6 Å². The number of amidine groups is 1. The van der Waals surface area contributed by atoms with E-state index in [1.54, 1.807) is 152 Å². The van der Waals surface area contributed by atoms with Crippen molar-refractivity contribution in [1.29, 1.82) is 0 Å². The summed E-state index contributed by atoms with van der Waals surface area (Å²) in [6, 6.07) is 69.7. The first kappa shape index (κ1) is 99.6. The quantitative estimate of drug-likeness (QED) is 0.00435. The largest absolute Gasteiger partial charge is 0.493 e. The normalized spacial score (nSPS) is 13.4. The fraction of sp³-hybridized carbons (Fsp3) is 0.278. The molecule has 3 saturated heterocycles. The molecule has 3 heterocycles. The highest BCUT2D eigenvalue weighted by Gasteiger charge is 2.27. The molecule has 0 amide bonds. The molecule has 0 atom stereocenters. The summed E-state index contributed by atoms with van der Waals surface area (Å²) in [6.45, 7) is 21.6. The zero-order valence-electron chi connectivity index (χ0n) is 72.7. The molecule has 0 bridgehead atoms. The second-order valence-corrected chi connectivity index (χ2v) is 29.9. The highest BCUT2D eigenvalue weighted by atomic mass is 32.2. The van der Waals surface area contributed by atoms with Crippen molar-refractivity contribution in [2.45, 2.75) is 85.5 Å². The van der Waals surface area contributed by atoms with E-state index in [0.717, 1.165) is 88.3 Å². The maximum atomic E-state index is 13.2. The van der Waals surface area contributed by atoms with Crippen LogP contribution in [-0.4, -0.2) is 189 Å². The van der Waals surface area contributed by atoms with Gasteiger partial charge in [-0.3, -0.25) is 28.8 Å². The molecular formula is C97H101N9O22S. The Hall–Kier alpha value is -14.8. The van der Waals surface area contributed by atoms with Crippen LogP contribution in [0.25, 0.3) is 4.85 Å². The second kappa shape index (κ2) is 53.5. The van der Waals surface area contributed by atoms with E-state index in [1.807, 2.05) is 79.7 Å². The number of piperidine rings is 1. The van der Waals surface area contributed by atoms with E-state index >= 15 is 0 Å². The Kier molecular flexibility index (Phi) is 41.3. The summed E-state index contributed by atoms with van der Waals surface area (Å²) in [5.74, 6) is -5.99. The highest BCUT2D eigenvalue weighted by Crippen LogP contribution is 2.29. The van der Waals surface area contributed by atoms with E-state index in [1.165, 1.54) is 65.5 Å². The third kappa shape index (κ3) is 32.6. The van der Waals surface area contributed by atoms with E-state index in [4.69, 9.17) is 40.0 Å². The number of esters is 1.